The maximum absolute atomic E-state index is 11.9. The van der Waals surface area contributed by atoms with Gasteiger partial charge >= 0.3 is 0 Å². The smallest absolute Gasteiger partial charge is 0.181 e. The fraction of sp³-hybridized carbons (Fsp3) is 0.222. The quantitative estimate of drug-likeness (QED) is 0.711. The number of carbonyl (C=O) groups excluding carboxylic acids is 1. The second-order valence-electron chi connectivity index (χ2n) is 2.66. The fourth-order valence-corrected chi connectivity index (χ4v) is 2.26. The Morgan fingerprint density at radius 1 is 1.29 bits per heavy atom. The molecule has 5 heteroatoms. The molecule has 0 amide bonds. The highest BCUT2D eigenvalue weighted by molar-refractivity contribution is 7.91. The molecule has 14 heavy (non-hydrogen) atoms. The molecule has 0 heterocycles. The highest BCUT2D eigenvalue weighted by atomic mass is 32.2. The highest BCUT2D eigenvalue weighted by Gasteiger charge is 2.17. The molecule has 0 atom stereocenters. The molecule has 3 nitrogen and oxygen atoms in total. The first-order valence-electron chi connectivity index (χ1n) is 3.95. The van der Waals surface area contributed by atoms with Gasteiger partial charge in [0.05, 0.1) is 10.6 Å². The van der Waals surface area contributed by atoms with Crippen molar-refractivity contribution >= 4 is 16.1 Å². The lowest BCUT2D eigenvalue weighted by molar-refractivity contribution is 0.112. The van der Waals surface area contributed by atoms with Gasteiger partial charge in [-0.2, -0.15) is 0 Å². The van der Waals surface area contributed by atoms with Crippen LogP contribution in [0, 0.1) is 0 Å². The molecule has 0 saturated heterocycles. The molecule has 0 bridgehead atoms. The van der Waals surface area contributed by atoms with Crippen molar-refractivity contribution in [2.75, 3.05) is 12.4 Å². The zero-order valence-electron chi connectivity index (χ0n) is 7.31. The van der Waals surface area contributed by atoms with Gasteiger partial charge in [0.15, 0.2) is 16.1 Å². The third kappa shape index (κ3) is 2.17. The summed E-state index contributed by atoms with van der Waals surface area (Å²) in [6.45, 7) is -0.949. The van der Waals surface area contributed by atoms with E-state index >= 15 is 0 Å². The maximum Gasteiger partial charge on any atom is 0.181 e. The first-order chi connectivity index (χ1) is 6.61. The van der Waals surface area contributed by atoms with E-state index in [2.05, 4.69) is 0 Å². The Morgan fingerprint density at radius 3 is 2.50 bits per heavy atom. The number of aldehydes is 1. The second kappa shape index (κ2) is 4.32. The molecule has 1 rings (SSSR count). The highest BCUT2D eigenvalue weighted by Crippen LogP contribution is 2.15. The predicted molar refractivity (Wildman–Crippen MR) is 49.9 cm³/mol. The first-order valence-corrected chi connectivity index (χ1v) is 5.60. The van der Waals surface area contributed by atoms with Gasteiger partial charge < -0.3 is 0 Å². The SMILES string of the molecule is O=Cc1ccccc1S(=O)(=O)CCF. The van der Waals surface area contributed by atoms with Crippen LogP contribution >= 0.6 is 0 Å². The van der Waals surface area contributed by atoms with Gasteiger partial charge in [-0.25, -0.2) is 12.8 Å². The van der Waals surface area contributed by atoms with Gasteiger partial charge in [-0.3, -0.25) is 4.79 Å². The van der Waals surface area contributed by atoms with E-state index in [1.807, 2.05) is 0 Å². The van der Waals surface area contributed by atoms with Crippen LogP contribution in [0.4, 0.5) is 4.39 Å². The molecule has 0 spiro atoms. The molecule has 0 aliphatic rings. The van der Waals surface area contributed by atoms with Crippen molar-refractivity contribution in [2.24, 2.45) is 0 Å². The number of benzene rings is 1. The number of hydrogen-bond acceptors (Lipinski definition) is 3. The molecule has 1 aromatic rings. The topological polar surface area (TPSA) is 51.2 Å². The van der Waals surface area contributed by atoms with Crippen LogP contribution in [0.5, 0.6) is 0 Å². The van der Waals surface area contributed by atoms with Crippen LogP contribution in [-0.2, 0) is 9.84 Å². The molecule has 76 valence electrons. The Labute approximate surface area is 81.5 Å². The predicted octanol–water partition coefficient (Wildman–Crippen LogP) is 1.24. The second-order valence-corrected chi connectivity index (χ2v) is 4.74. The Bertz CT molecular complexity index is 425. The Morgan fingerprint density at radius 2 is 1.93 bits per heavy atom. The Balaban J connectivity index is 3.25. The van der Waals surface area contributed by atoms with Crippen LogP contribution < -0.4 is 0 Å². The van der Waals surface area contributed by atoms with E-state index in [0.29, 0.717) is 6.29 Å². The normalized spacial score (nSPS) is 11.2. The summed E-state index contributed by atoms with van der Waals surface area (Å²) < 4.78 is 34.8. The monoisotopic (exact) mass is 216 g/mol. The van der Waals surface area contributed by atoms with E-state index in [1.165, 1.54) is 18.2 Å². The Hall–Kier alpha value is -1.23. The molecule has 1 aromatic carbocycles. The van der Waals surface area contributed by atoms with E-state index in [0.717, 1.165) is 0 Å². The standard InChI is InChI=1S/C9H9FO3S/c10-5-6-14(12,13)9-4-2-1-3-8(9)7-11/h1-4,7H,5-6H2. The summed E-state index contributed by atoms with van der Waals surface area (Å²) in [5, 5.41) is 0. The molecule has 0 radical (unpaired) electrons. The van der Waals surface area contributed by atoms with Crippen molar-refractivity contribution in [3.63, 3.8) is 0 Å². The number of carbonyl (C=O) groups is 1. The molecular weight excluding hydrogens is 207 g/mol. The average Bonchev–Trinajstić information content (AvgIpc) is 2.18. The van der Waals surface area contributed by atoms with Crippen LogP contribution in [-0.4, -0.2) is 27.1 Å². The fourth-order valence-electron chi connectivity index (χ4n) is 1.07. The van der Waals surface area contributed by atoms with Gasteiger partial charge in [0, 0.05) is 5.56 Å². The van der Waals surface area contributed by atoms with Gasteiger partial charge in [-0.15, -0.1) is 0 Å². The summed E-state index contributed by atoms with van der Waals surface area (Å²) in [6, 6.07) is 5.74. The first kappa shape index (κ1) is 10.8. The summed E-state index contributed by atoms with van der Waals surface area (Å²) in [5.74, 6) is -0.585. The summed E-state index contributed by atoms with van der Waals surface area (Å²) in [6.07, 6.45) is 0.450. The van der Waals surface area contributed by atoms with Crippen molar-refractivity contribution in [1.82, 2.24) is 0 Å². The van der Waals surface area contributed by atoms with Crippen molar-refractivity contribution in [2.45, 2.75) is 4.90 Å². The van der Waals surface area contributed by atoms with Crippen LogP contribution in [0.3, 0.4) is 0 Å². The Kier molecular flexibility index (Phi) is 3.35. The number of halogens is 1. The van der Waals surface area contributed by atoms with E-state index < -0.39 is 22.3 Å². The maximum atomic E-state index is 11.9. The minimum Gasteiger partial charge on any atom is -0.298 e. The molecule has 0 aliphatic carbocycles. The zero-order chi connectivity index (χ0) is 10.6. The minimum absolute atomic E-state index is 0.0703. The van der Waals surface area contributed by atoms with Gasteiger partial charge in [-0.05, 0) is 6.07 Å². The number of sulfone groups is 1. The van der Waals surface area contributed by atoms with Gasteiger partial charge in [0.1, 0.15) is 6.67 Å². The molecule has 0 aliphatic heterocycles. The summed E-state index contributed by atoms with van der Waals surface area (Å²) in [7, 11) is -3.66. The molecule has 0 saturated carbocycles. The average molecular weight is 216 g/mol. The zero-order valence-corrected chi connectivity index (χ0v) is 8.13. The van der Waals surface area contributed by atoms with Crippen LogP contribution in [0.2, 0.25) is 0 Å². The van der Waals surface area contributed by atoms with Gasteiger partial charge in [0.2, 0.25) is 0 Å². The summed E-state index contributed by atoms with van der Waals surface area (Å²) in [5.41, 5.74) is 0.0703. The molecule has 0 N–H and O–H groups in total. The number of rotatable bonds is 4. The van der Waals surface area contributed by atoms with Crippen LogP contribution in [0.15, 0.2) is 29.2 Å². The number of alkyl halides is 1. The summed E-state index contributed by atoms with van der Waals surface area (Å²) in [4.78, 5) is 10.4. The van der Waals surface area contributed by atoms with Crippen LogP contribution in [0.25, 0.3) is 0 Å². The lowest BCUT2D eigenvalue weighted by Gasteiger charge is -2.03. The lowest BCUT2D eigenvalue weighted by Crippen LogP contribution is -2.10. The number of hydrogen-bond donors (Lipinski definition) is 0. The minimum atomic E-state index is -3.66. The van der Waals surface area contributed by atoms with Gasteiger partial charge in [-0.1, -0.05) is 18.2 Å². The van der Waals surface area contributed by atoms with Crippen molar-refractivity contribution < 1.29 is 17.6 Å². The molecular formula is C9H9FO3S. The van der Waals surface area contributed by atoms with Crippen molar-refractivity contribution in [3.05, 3.63) is 29.8 Å². The van der Waals surface area contributed by atoms with E-state index in [1.54, 1.807) is 6.07 Å². The van der Waals surface area contributed by atoms with E-state index in [-0.39, 0.29) is 10.5 Å². The summed E-state index contributed by atoms with van der Waals surface area (Å²) >= 11 is 0. The van der Waals surface area contributed by atoms with Gasteiger partial charge in [0.25, 0.3) is 0 Å². The van der Waals surface area contributed by atoms with Crippen LogP contribution in [0.1, 0.15) is 10.4 Å². The van der Waals surface area contributed by atoms with E-state index in [4.69, 9.17) is 0 Å². The third-order valence-electron chi connectivity index (χ3n) is 1.73. The molecule has 0 aromatic heterocycles. The lowest BCUT2D eigenvalue weighted by atomic mass is 10.2. The molecule has 0 fully saturated rings. The third-order valence-corrected chi connectivity index (χ3v) is 3.46. The largest absolute Gasteiger partial charge is 0.298 e. The van der Waals surface area contributed by atoms with Crippen molar-refractivity contribution in [3.8, 4) is 0 Å². The molecule has 0 unspecified atom stereocenters. The van der Waals surface area contributed by atoms with Crippen molar-refractivity contribution in [1.29, 1.82) is 0 Å². The van der Waals surface area contributed by atoms with E-state index in [9.17, 15) is 17.6 Å².